The summed E-state index contributed by atoms with van der Waals surface area (Å²) >= 11 is 0. The molecule has 0 unspecified atom stereocenters. The maximum absolute atomic E-state index is 13.2. The third kappa shape index (κ3) is 3.09. The SMILES string of the molecule is COc1c2c(cc3c1[C@H](/C=C(/NO)c1ccc(F)cc1)N(C)CC3)OCO2. The van der Waals surface area contributed by atoms with Crippen molar-refractivity contribution in [1.82, 2.24) is 10.4 Å². The van der Waals surface area contributed by atoms with Gasteiger partial charge in [-0.25, -0.2) is 4.39 Å². The molecule has 0 aromatic heterocycles. The molecule has 7 heteroatoms. The number of likely N-dealkylation sites (N-methyl/N-ethyl adjacent to an activating group) is 1. The first-order valence-electron chi connectivity index (χ1n) is 8.70. The number of hydrogen-bond acceptors (Lipinski definition) is 6. The van der Waals surface area contributed by atoms with Crippen LogP contribution in [0.3, 0.4) is 0 Å². The van der Waals surface area contributed by atoms with Crippen molar-refractivity contribution < 1.29 is 23.8 Å². The Hall–Kier alpha value is -2.77. The van der Waals surface area contributed by atoms with Gasteiger partial charge in [0.2, 0.25) is 12.5 Å². The van der Waals surface area contributed by atoms with E-state index in [0.717, 1.165) is 24.1 Å². The van der Waals surface area contributed by atoms with Crippen molar-refractivity contribution in [3.8, 4) is 17.2 Å². The molecular formula is C20H21FN2O4. The predicted octanol–water partition coefficient (Wildman–Crippen LogP) is 3.11. The Morgan fingerprint density at radius 1 is 1.33 bits per heavy atom. The number of fused-ring (bicyclic) bond motifs is 2. The molecule has 2 N–H and O–H groups in total. The molecule has 2 aliphatic rings. The highest BCUT2D eigenvalue weighted by molar-refractivity contribution is 5.67. The lowest BCUT2D eigenvalue weighted by Gasteiger charge is -2.34. The lowest BCUT2D eigenvalue weighted by molar-refractivity contribution is 0.171. The second kappa shape index (κ2) is 7.09. The Bertz CT molecular complexity index is 883. The molecule has 0 bridgehead atoms. The van der Waals surface area contributed by atoms with Gasteiger partial charge in [-0.05, 0) is 61.0 Å². The van der Waals surface area contributed by atoms with E-state index < -0.39 is 0 Å². The zero-order valence-corrected chi connectivity index (χ0v) is 15.2. The largest absolute Gasteiger partial charge is 0.492 e. The normalized spacial score (nSPS) is 19.0. The van der Waals surface area contributed by atoms with Crippen molar-refractivity contribution in [2.45, 2.75) is 12.5 Å². The van der Waals surface area contributed by atoms with Gasteiger partial charge in [0.05, 0.1) is 18.8 Å². The average molecular weight is 372 g/mol. The van der Waals surface area contributed by atoms with Gasteiger partial charge < -0.3 is 14.2 Å². The van der Waals surface area contributed by atoms with Crippen LogP contribution in [0, 0.1) is 5.82 Å². The van der Waals surface area contributed by atoms with Gasteiger partial charge in [0.25, 0.3) is 0 Å². The van der Waals surface area contributed by atoms with Gasteiger partial charge in [-0.3, -0.25) is 15.6 Å². The van der Waals surface area contributed by atoms with Gasteiger partial charge in [-0.1, -0.05) is 0 Å². The monoisotopic (exact) mass is 372 g/mol. The van der Waals surface area contributed by atoms with Crippen LogP contribution in [0.25, 0.3) is 5.70 Å². The Morgan fingerprint density at radius 2 is 2.11 bits per heavy atom. The van der Waals surface area contributed by atoms with Crippen LogP contribution in [-0.2, 0) is 6.42 Å². The minimum Gasteiger partial charge on any atom is -0.492 e. The molecule has 0 fully saturated rings. The molecule has 0 saturated heterocycles. The fraction of sp³-hybridized carbons (Fsp3) is 0.300. The van der Waals surface area contributed by atoms with E-state index in [1.807, 2.05) is 19.2 Å². The molecule has 1 atom stereocenters. The maximum atomic E-state index is 13.2. The van der Waals surface area contributed by atoms with E-state index in [0.29, 0.717) is 28.5 Å². The first-order chi connectivity index (χ1) is 13.1. The zero-order valence-electron chi connectivity index (χ0n) is 15.2. The number of hydrogen-bond donors (Lipinski definition) is 2. The third-order valence-electron chi connectivity index (χ3n) is 5.05. The minimum atomic E-state index is -0.328. The smallest absolute Gasteiger partial charge is 0.231 e. The molecule has 2 heterocycles. The number of methoxy groups -OCH3 is 1. The van der Waals surface area contributed by atoms with Crippen molar-refractivity contribution in [2.24, 2.45) is 0 Å². The fourth-order valence-electron chi connectivity index (χ4n) is 3.66. The fourth-order valence-corrected chi connectivity index (χ4v) is 3.66. The van der Waals surface area contributed by atoms with E-state index in [9.17, 15) is 9.60 Å². The van der Waals surface area contributed by atoms with Gasteiger partial charge in [0.15, 0.2) is 11.5 Å². The van der Waals surface area contributed by atoms with E-state index in [1.54, 1.807) is 19.2 Å². The highest BCUT2D eigenvalue weighted by Crippen LogP contribution is 2.49. The summed E-state index contributed by atoms with van der Waals surface area (Å²) in [6.45, 7) is 1.00. The van der Waals surface area contributed by atoms with E-state index in [4.69, 9.17) is 14.2 Å². The van der Waals surface area contributed by atoms with Crippen LogP contribution in [0.2, 0.25) is 0 Å². The number of ether oxygens (including phenoxy) is 3. The number of rotatable bonds is 4. The molecule has 0 amide bonds. The minimum absolute atomic E-state index is 0.169. The van der Waals surface area contributed by atoms with Crippen molar-refractivity contribution in [3.63, 3.8) is 0 Å². The number of benzene rings is 2. The van der Waals surface area contributed by atoms with Crippen LogP contribution >= 0.6 is 0 Å². The van der Waals surface area contributed by atoms with E-state index in [-0.39, 0.29) is 18.7 Å². The molecule has 0 radical (unpaired) electrons. The van der Waals surface area contributed by atoms with Crippen molar-refractivity contribution in [1.29, 1.82) is 0 Å². The summed E-state index contributed by atoms with van der Waals surface area (Å²) in [5.41, 5.74) is 5.50. The Morgan fingerprint density at radius 3 is 2.81 bits per heavy atom. The molecule has 6 nitrogen and oxygen atoms in total. The van der Waals surface area contributed by atoms with Gasteiger partial charge >= 0.3 is 0 Å². The zero-order chi connectivity index (χ0) is 19.0. The lowest BCUT2D eigenvalue weighted by atomic mass is 9.90. The highest BCUT2D eigenvalue weighted by Gasteiger charge is 2.33. The Labute approximate surface area is 156 Å². The molecule has 4 rings (SSSR count). The second-order valence-electron chi connectivity index (χ2n) is 6.59. The van der Waals surface area contributed by atoms with Crippen molar-refractivity contribution in [2.75, 3.05) is 27.5 Å². The first-order valence-corrected chi connectivity index (χ1v) is 8.70. The molecular weight excluding hydrogens is 351 g/mol. The van der Waals surface area contributed by atoms with E-state index >= 15 is 0 Å². The molecule has 2 aromatic carbocycles. The quantitative estimate of drug-likeness (QED) is 0.804. The Kier molecular flexibility index (Phi) is 4.63. The summed E-state index contributed by atoms with van der Waals surface area (Å²) in [7, 11) is 3.62. The van der Waals surface area contributed by atoms with Crippen LogP contribution in [0.15, 0.2) is 36.4 Å². The summed E-state index contributed by atoms with van der Waals surface area (Å²) < 4.78 is 30.1. The molecule has 0 saturated carbocycles. The van der Waals surface area contributed by atoms with Crippen LogP contribution < -0.4 is 19.7 Å². The Balaban J connectivity index is 1.83. The van der Waals surface area contributed by atoms with Crippen LogP contribution in [0.5, 0.6) is 17.2 Å². The average Bonchev–Trinajstić information content (AvgIpc) is 3.15. The predicted molar refractivity (Wildman–Crippen MR) is 97.5 cm³/mol. The van der Waals surface area contributed by atoms with Crippen LogP contribution in [-0.4, -0.2) is 37.6 Å². The van der Waals surface area contributed by atoms with E-state index in [1.165, 1.54) is 12.1 Å². The first kappa shape index (κ1) is 17.6. The van der Waals surface area contributed by atoms with Gasteiger partial charge in [-0.15, -0.1) is 0 Å². The summed E-state index contributed by atoms with van der Waals surface area (Å²) in [6, 6.07) is 7.78. The number of nitrogens with zero attached hydrogens (tertiary/aromatic N) is 1. The topological polar surface area (TPSA) is 63.2 Å². The number of hydroxylamine groups is 1. The molecule has 142 valence electrons. The van der Waals surface area contributed by atoms with Crippen molar-refractivity contribution in [3.05, 3.63) is 58.9 Å². The third-order valence-corrected chi connectivity index (χ3v) is 5.05. The van der Waals surface area contributed by atoms with Crippen LogP contribution in [0.4, 0.5) is 4.39 Å². The van der Waals surface area contributed by atoms with E-state index in [2.05, 4.69) is 10.4 Å². The molecule has 2 aromatic rings. The van der Waals surface area contributed by atoms with Gasteiger partial charge in [-0.2, -0.15) is 0 Å². The summed E-state index contributed by atoms with van der Waals surface area (Å²) in [6.07, 6.45) is 2.75. The van der Waals surface area contributed by atoms with Gasteiger partial charge in [0.1, 0.15) is 5.82 Å². The molecule has 2 aliphatic heterocycles. The molecule has 0 aliphatic carbocycles. The summed E-state index contributed by atoms with van der Waals surface area (Å²) in [4.78, 5) is 2.16. The summed E-state index contributed by atoms with van der Waals surface area (Å²) in [5.74, 6) is 1.61. The summed E-state index contributed by atoms with van der Waals surface area (Å²) in [5, 5.41) is 9.69. The lowest BCUT2D eigenvalue weighted by Crippen LogP contribution is -2.32. The van der Waals surface area contributed by atoms with Crippen molar-refractivity contribution >= 4 is 5.70 Å². The second-order valence-corrected chi connectivity index (χ2v) is 6.59. The standard InChI is InChI=1S/C20H21FN2O4/c1-23-8-7-13-9-17-19(27-11-26-17)20(25-2)18(13)16(23)10-15(22-24)12-3-5-14(21)6-4-12/h3-6,9-10,16,22,24H,7-8,11H2,1-2H3/b15-10+/t16-/m0/s1. The molecule has 0 spiro atoms. The maximum Gasteiger partial charge on any atom is 0.231 e. The number of nitrogens with one attached hydrogen (secondary N) is 1. The highest BCUT2D eigenvalue weighted by atomic mass is 19.1. The van der Waals surface area contributed by atoms with Gasteiger partial charge in [0, 0.05) is 12.1 Å². The van der Waals surface area contributed by atoms with Crippen LogP contribution in [0.1, 0.15) is 22.7 Å². The number of halogens is 1. The molecule has 27 heavy (non-hydrogen) atoms.